The standard InChI is InChI=1S/C35H35F2N5O3/c1-40-32-26(12-23(15-30(32)44-2)35(43)42-17-21-8-9-27(42)31(21)38)39-34(40)29-14-20-7-6-19(13-28(20)41(29)16-18-4-5-18)22-10-24(36)33(45-3)25(37)11-22/h6-7,10-15,18,21,27,31H,4-5,8-9,16-17,38H2,1-3H3/t21?,27?,31-/m1/s1. The smallest absolute Gasteiger partial charge is 0.254 e. The molecule has 2 N–H and O–H groups in total. The van der Waals surface area contributed by atoms with Gasteiger partial charge in [-0.2, -0.15) is 0 Å². The lowest BCUT2D eigenvalue weighted by Gasteiger charge is -2.27. The van der Waals surface area contributed by atoms with Crippen LogP contribution < -0.4 is 15.2 Å². The minimum Gasteiger partial charge on any atom is -0.494 e. The van der Waals surface area contributed by atoms with Crippen LogP contribution in [0.5, 0.6) is 11.5 Å². The van der Waals surface area contributed by atoms with Gasteiger partial charge in [-0.15, -0.1) is 0 Å². The molecule has 0 spiro atoms. The predicted octanol–water partition coefficient (Wildman–Crippen LogP) is 6.13. The van der Waals surface area contributed by atoms with Gasteiger partial charge >= 0.3 is 0 Å². The Labute approximate surface area is 259 Å². The Morgan fingerprint density at radius 1 is 0.978 bits per heavy atom. The Balaban J connectivity index is 1.24. The Bertz CT molecular complexity index is 1990. The van der Waals surface area contributed by atoms with Gasteiger partial charge in [-0.05, 0) is 85.0 Å². The lowest BCUT2D eigenvalue weighted by molar-refractivity contribution is 0.0700. The first kappa shape index (κ1) is 28.1. The highest BCUT2D eigenvalue weighted by Gasteiger charge is 2.47. The number of benzene rings is 3. The highest BCUT2D eigenvalue weighted by molar-refractivity contribution is 6.00. The fraction of sp³-hybridized carbons (Fsp3) is 0.371. The van der Waals surface area contributed by atoms with Gasteiger partial charge in [-0.1, -0.05) is 12.1 Å². The average molecular weight is 612 g/mol. The summed E-state index contributed by atoms with van der Waals surface area (Å²) in [4.78, 5) is 20.7. The first-order valence-corrected chi connectivity index (χ1v) is 15.5. The Kier molecular flexibility index (Phi) is 6.42. The second kappa shape index (κ2) is 10.3. The van der Waals surface area contributed by atoms with Crippen LogP contribution in [0.4, 0.5) is 8.78 Å². The van der Waals surface area contributed by atoms with Gasteiger partial charge in [-0.25, -0.2) is 13.8 Å². The van der Waals surface area contributed by atoms with Crippen LogP contribution in [0.2, 0.25) is 0 Å². The van der Waals surface area contributed by atoms with Crippen LogP contribution in [0.15, 0.2) is 48.5 Å². The van der Waals surface area contributed by atoms with Gasteiger partial charge in [0.15, 0.2) is 23.2 Å². The topological polar surface area (TPSA) is 87.5 Å². The average Bonchev–Trinajstić information content (AvgIpc) is 3.44. The number of halogens is 2. The predicted molar refractivity (Wildman–Crippen MR) is 168 cm³/mol. The van der Waals surface area contributed by atoms with Crippen molar-refractivity contribution in [3.63, 3.8) is 0 Å². The van der Waals surface area contributed by atoms with E-state index in [9.17, 15) is 13.6 Å². The maximum Gasteiger partial charge on any atom is 0.254 e. The zero-order valence-corrected chi connectivity index (χ0v) is 25.5. The molecule has 3 heterocycles. The highest BCUT2D eigenvalue weighted by Crippen LogP contribution is 2.41. The van der Waals surface area contributed by atoms with Crippen LogP contribution in [0, 0.1) is 23.5 Å². The fourth-order valence-corrected chi connectivity index (χ4v) is 7.56. The minimum absolute atomic E-state index is 0.0353. The molecular formula is C35H35F2N5O3. The lowest BCUT2D eigenvalue weighted by atomic mass is 10.0. The van der Waals surface area contributed by atoms with Crippen molar-refractivity contribution >= 4 is 27.8 Å². The van der Waals surface area contributed by atoms with E-state index in [0.717, 1.165) is 60.2 Å². The molecular weight excluding hydrogens is 576 g/mol. The zero-order valence-electron chi connectivity index (χ0n) is 25.5. The molecule has 3 atom stereocenters. The van der Waals surface area contributed by atoms with E-state index in [-0.39, 0.29) is 18.0 Å². The van der Waals surface area contributed by atoms with E-state index in [4.69, 9.17) is 20.2 Å². The van der Waals surface area contributed by atoms with Crippen molar-refractivity contribution in [3.05, 3.63) is 65.7 Å². The maximum atomic E-state index is 14.6. The summed E-state index contributed by atoms with van der Waals surface area (Å²) < 4.78 is 44.2. The number of fused-ring (bicyclic) bond motifs is 4. The SMILES string of the molecule is COc1c(F)cc(-c2ccc3cc(-c4nc5cc(C(=O)N6CC7CCC6[C@@H]7N)cc(OC)c5n4C)n(CC4CC4)c3c2)cc1F. The molecule has 232 valence electrons. The van der Waals surface area contributed by atoms with Crippen molar-refractivity contribution in [2.75, 3.05) is 20.8 Å². The van der Waals surface area contributed by atoms with Gasteiger partial charge < -0.3 is 29.2 Å². The van der Waals surface area contributed by atoms with Crippen LogP contribution in [-0.4, -0.2) is 57.8 Å². The molecule has 2 aromatic heterocycles. The van der Waals surface area contributed by atoms with Gasteiger partial charge in [0.25, 0.3) is 5.91 Å². The summed E-state index contributed by atoms with van der Waals surface area (Å²) in [5.74, 6) is 0.333. The van der Waals surface area contributed by atoms with Crippen molar-refractivity contribution in [2.24, 2.45) is 24.6 Å². The Morgan fingerprint density at radius 3 is 2.40 bits per heavy atom. The monoisotopic (exact) mass is 611 g/mol. The number of nitrogens with zero attached hydrogens (tertiary/aromatic N) is 4. The van der Waals surface area contributed by atoms with Gasteiger partial charge in [0.05, 0.1) is 25.4 Å². The normalized spacial score (nSPS) is 20.9. The summed E-state index contributed by atoms with van der Waals surface area (Å²) in [7, 11) is 4.82. The molecule has 1 aliphatic heterocycles. The molecule has 2 saturated carbocycles. The third-order valence-electron chi connectivity index (χ3n) is 10.1. The van der Waals surface area contributed by atoms with Crippen LogP contribution in [0.1, 0.15) is 36.0 Å². The summed E-state index contributed by atoms with van der Waals surface area (Å²) in [6, 6.07) is 14.3. The van der Waals surface area contributed by atoms with Crippen molar-refractivity contribution in [1.82, 2.24) is 19.0 Å². The lowest BCUT2D eigenvalue weighted by Crippen LogP contribution is -2.41. The summed E-state index contributed by atoms with van der Waals surface area (Å²) in [6.45, 7) is 1.49. The van der Waals surface area contributed by atoms with Crippen LogP contribution in [0.25, 0.3) is 44.6 Å². The molecule has 2 aliphatic carbocycles. The number of hydrogen-bond acceptors (Lipinski definition) is 5. The van der Waals surface area contributed by atoms with E-state index >= 15 is 0 Å². The molecule has 1 saturated heterocycles. The molecule has 1 amide bonds. The van der Waals surface area contributed by atoms with Gasteiger partial charge in [0.1, 0.15) is 11.3 Å². The van der Waals surface area contributed by atoms with E-state index in [1.807, 2.05) is 46.8 Å². The van der Waals surface area contributed by atoms with E-state index in [1.54, 1.807) is 7.11 Å². The molecule has 0 radical (unpaired) electrons. The largest absolute Gasteiger partial charge is 0.494 e. The number of rotatable bonds is 7. The fourth-order valence-electron chi connectivity index (χ4n) is 7.56. The Morgan fingerprint density at radius 2 is 1.76 bits per heavy atom. The molecule has 5 aromatic rings. The summed E-state index contributed by atoms with van der Waals surface area (Å²) >= 11 is 0. The third-order valence-corrected chi connectivity index (χ3v) is 10.1. The van der Waals surface area contributed by atoms with Gasteiger partial charge in [-0.3, -0.25) is 4.79 Å². The number of aromatic nitrogens is 3. The summed E-state index contributed by atoms with van der Waals surface area (Å²) in [5.41, 5.74) is 11.5. The molecule has 2 bridgehead atoms. The van der Waals surface area contributed by atoms with Gasteiger partial charge in [0.2, 0.25) is 0 Å². The number of carbonyl (C=O) groups excluding carboxylic acids is 1. The van der Waals surface area contributed by atoms with Crippen LogP contribution in [0.3, 0.4) is 0 Å². The van der Waals surface area contributed by atoms with E-state index in [2.05, 4.69) is 10.6 Å². The second-order valence-corrected chi connectivity index (χ2v) is 12.8. The molecule has 3 fully saturated rings. The number of methoxy groups -OCH3 is 2. The number of amides is 1. The molecule has 8 rings (SSSR count). The Hall–Kier alpha value is -4.44. The number of hydrogen-bond donors (Lipinski definition) is 1. The maximum absolute atomic E-state index is 14.6. The van der Waals surface area contributed by atoms with E-state index in [1.165, 1.54) is 19.2 Å². The molecule has 3 aromatic carbocycles. The molecule has 8 nitrogen and oxygen atoms in total. The van der Waals surface area contributed by atoms with E-state index in [0.29, 0.717) is 46.3 Å². The number of likely N-dealkylation sites (tertiary alicyclic amines) is 1. The number of aryl methyl sites for hydroxylation is 1. The minimum atomic E-state index is -0.742. The molecule has 3 aliphatic rings. The van der Waals surface area contributed by atoms with E-state index < -0.39 is 17.4 Å². The second-order valence-electron chi connectivity index (χ2n) is 12.8. The number of carbonyl (C=O) groups is 1. The van der Waals surface area contributed by atoms with Crippen molar-refractivity contribution in [2.45, 2.75) is 44.3 Å². The first-order valence-electron chi connectivity index (χ1n) is 15.5. The number of imidazole rings is 1. The zero-order chi connectivity index (χ0) is 31.1. The third kappa shape index (κ3) is 4.40. The molecule has 45 heavy (non-hydrogen) atoms. The van der Waals surface area contributed by atoms with Crippen molar-refractivity contribution in [3.8, 4) is 34.1 Å². The first-order chi connectivity index (χ1) is 21.7. The molecule has 10 heteroatoms. The quantitative estimate of drug-likeness (QED) is 0.239. The summed E-state index contributed by atoms with van der Waals surface area (Å²) in [6.07, 6.45) is 4.32. The van der Waals surface area contributed by atoms with Crippen LogP contribution in [-0.2, 0) is 13.6 Å². The summed E-state index contributed by atoms with van der Waals surface area (Å²) in [5, 5.41) is 0.999. The van der Waals surface area contributed by atoms with Gasteiger partial charge in [0, 0.05) is 48.7 Å². The molecule has 2 unspecified atom stereocenters. The van der Waals surface area contributed by atoms with Crippen molar-refractivity contribution in [1.29, 1.82) is 0 Å². The number of ether oxygens (including phenoxy) is 2. The highest BCUT2D eigenvalue weighted by atomic mass is 19.1. The number of nitrogens with two attached hydrogens (primary N) is 1. The number of piperidine rings is 1. The van der Waals surface area contributed by atoms with Crippen LogP contribution >= 0.6 is 0 Å². The van der Waals surface area contributed by atoms with Crippen molar-refractivity contribution < 1.29 is 23.0 Å².